The van der Waals surface area contributed by atoms with Gasteiger partial charge in [0.1, 0.15) is 0 Å². The van der Waals surface area contributed by atoms with Crippen LogP contribution >= 0.6 is 27.7 Å². The zero-order valence-corrected chi connectivity index (χ0v) is 18.8. The van der Waals surface area contributed by atoms with E-state index in [1.807, 2.05) is 48.5 Å². The summed E-state index contributed by atoms with van der Waals surface area (Å²) < 4.78 is 0.918. The molecule has 1 fully saturated rings. The van der Waals surface area contributed by atoms with E-state index in [0.717, 1.165) is 33.2 Å². The lowest BCUT2D eigenvalue weighted by Crippen LogP contribution is -2.31. The fourth-order valence-electron chi connectivity index (χ4n) is 3.23. The maximum Gasteiger partial charge on any atom is 0.289 e. The molecule has 0 atom stereocenters. The first-order valence-electron chi connectivity index (χ1n) is 9.54. The Hall–Kier alpha value is -2.97. The summed E-state index contributed by atoms with van der Waals surface area (Å²) in [6.07, 6.45) is 1.70. The van der Waals surface area contributed by atoms with Gasteiger partial charge in [0.25, 0.3) is 11.1 Å². The number of rotatable bonds is 6. The number of halogens is 1. The van der Waals surface area contributed by atoms with Crippen LogP contribution in [0.2, 0.25) is 0 Å². The van der Waals surface area contributed by atoms with Crippen molar-refractivity contribution in [3.63, 3.8) is 0 Å². The van der Waals surface area contributed by atoms with Crippen LogP contribution in [0.3, 0.4) is 0 Å². The molecule has 4 rings (SSSR count). The molecule has 3 aromatic rings. The lowest BCUT2D eigenvalue weighted by molar-refractivity contribution is -0.125. The maximum absolute atomic E-state index is 13.5. The van der Waals surface area contributed by atoms with Crippen LogP contribution in [0.25, 0.3) is 0 Å². The van der Waals surface area contributed by atoms with Crippen molar-refractivity contribution in [2.24, 2.45) is 0 Å². The van der Waals surface area contributed by atoms with Gasteiger partial charge in [-0.25, -0.2) is 0 Å². The van der Waals surface area contributed by atoms with E-state index in [4.69, 9.17) is 0 Å². The highest BCUT2D eigenvalue weighted by molar-refractivity contribution is 9.10. The summed E-state index contributed by atoms with van der Waals surface area (Å²) >= 11 is 4.43. The summed E-state index contributed by atoms with van der Waals surface area (Å²) in [7, 11) is 0. The molecule has 0 radical (unpaired) electrons. The molecule has 0 spiro atoms. The first-order chi connectivity index (χ1) is 15.0. The van der Waals surface area contributed by atoms with Gasteiger partial charge in [-0.1, -0.05) is 45.9 Å². The molecule has 31 heavy (non-hydrogen) atoms. The Bertz CT molecular complexity index is 1110. The Morgan fingerprint density at radius 2 is 1.87 bits per heavy atom. The van der Waals surface area contributed by atoms with Gasteiger partial charge in [0, 0.05) is 21.9 Å². The van der Waals surface area contributed by atoms with Crippen molar-refractivity contribution in [2.45, 2.75) is 13.1 Å². The van der Waals surface area contributed by atoms with Gasteiger partial charge in [-0.15, -0.1) is 0 Å². The average Bonchev–Trinajstić information content (AvgIpc) is 3.11. The number of hydrogen-bond acceptors (Lipinski definition) is 5. The van der Waals surface area contributed by atoms with Crippen molar-refractivity contribution in [1.82, 2.24) is 9.88 Å². The minimum Gasteiger partial charge on any atom is -0.302 e. The molecule has 0 aliphatic carbocycles. The topological polar surface area (TPSA) is 70.6 Å². The summed E-state index contributed by atoms with van der Waals surface area (Å²) in [5, 5.41) is -0.256. The molecule has 3 amide bonds. The molecule has 2 heterocycles. The van der Waals surface area contributed by atoms with E-state index in [9.17, 15) is 14.4 Å². The number of anilines is 1. The molecule has 2 aromatic carbocycles. The highest BCUT2D eigenvalue weighted by atomic mass is 79.9. The van der Waals surface area contributed by atoms with E-state index in [2.05, 4.69) is 20.9 Å². The number of aromatic nitrogens is 1. The van der Waals surface area contributed by atoms with Gasteiger partial charge in [0.05, 0.1) is 24.5 Å². The minimum absolute atomic E-state index is 0.157. The Balaban J connectivity index is 1.62. The lowest BCUT2D eigenvalue weighted by atomic mass is 10.1. The predicted molar refractivity (Wildman–Crippen MR) is 124 cm³/mol. The third-order valence-corrected chi connectivity index (χ3v) is 6.17. The number of imide groups is 1. The smallest absolute Gasteiger partial charge is 0.289 e. The summed E-state index contributed by atoms with van der Waals surface area (Å²) in [5.74, 6) is -0.236. The van der Waals surface area contributed by atoms with Crippen molar-refractivity contribution >= 4 is 50.4 Å². The highest BCUT2D eigenvalue weighted by Gasteiger charge is 2.30. The minimum atomic E-state index is -0.256. The van der Waals surface area contributed by atoms with E-state index < -0.39 is 0 Å². The summed E-state index contributed by atoms with van der Waals surface area (Å²) in [4.78, 5) is 44.6. The van der Waals surface area contributed by atoms with Gasteiger partial charge in [0.15, 0.2) is 0 Å². The standard InChI is InChI=1S/C23H18BrN3O3S/c24-18-7-9-20(10-8-18)26(14-19-6-1-2-11-25-19)22(29)17-5-3-4-16(12-17)13-27-21(28)15-31-23(27)30/h1-12H,13-15H2. The van der Waals surface area contributed by atoms with Crippen molar-refractivity contribution in [3.05, 3.63) is 94.2 Å². The Morgan fingerprint density at radius 3 is 2.55 bits per heavy atom. The van der Waals surface area contributed by atoms with Crippen LogP contribution in [0.1, 0.15) is 21.6 Å². The van der Waals surface area contributed by atoms with Gasteiger partial charge in [-0.3, -0.25) is 24.3 Å². The third-order valence-electron chi connectivity index (χ3n) is 4.78. The second-order valence-corrected chi connectivity index (χ2v) is 8.77. The molecule has 0 N–H and O–H groups in total. The van der Waals surface area contributed by atoms with Crippen LogP contribution in [0.5, 0.6) is 0 Å². The lowest BCUT2D eigenvalue weighted by Gasteiger charge is -2.23. The van der Waals surface area contributed by atoms with Crippen LogP contribution in [-0.2, 0) is 17.9 Å². The SMILES string of the molecule is O=C1CSC(=O)N1Cc1cccc(C(=O)N(Cc2ccccn2)c2ccc(Br)cc2)c1. The highest BCUT2D eigenvalue weighted by Crippen LogP contribution is 2.24. The number of carbonyl (C=O) groups is 3. The van der Waals surface area contributed by atoms with E-state index in [1.165, 1.54) is 4.90 Å². The molecule has 1 aliphatic heterocycles. The summed E-state index contributed by atoms with van der Waals surface area (Å²) in [6, 6.07) is 20.1. The van der Waals surface area contributed by atoms with Crippen LogP contribution in [0.15, 0.2) is 77.4 Å². The molecule has 0 saturated carbocycles. The number of amides is 3. The quantitative estimate of drug-likeness (QED) is 0.486. The van der Waals surface area contributed by atoms with E-state index in [-0.39, 0.29) is 29.4 Å². The number of pyridine rings is 1. The fraction of sp³-hybridized carbons (Fsp3) is 0.130. The number of hydrogen-bond donors (Lipinski definition) is 0. The first-order valence-corrected chi connectivity index (χ1v) is 11.3. The van der Waals surface area contributed by atoms with Gasteiger partial charge < -0.3 is 4.90 Å². The molecule has 0 unspecified atom stereocenters. The summed E-state index contributed by atoms with van der Waals surface area (Å²) in [5.41, 5.74) is 2.71. The van der Waals surface area contributed by atoms with Gasteiger partial charge in [-0.05, 0) is 54.1 Å². The predicted octanol–water partition coefficient (Wildman–Crippen LogP) is 4.89. The number of thioether (sulfide) groups is 1. The molecule has 156 valence electrons. The zero-order chi connectivity index (χ0) is 21.8. The van der Waals surface area contributed by atoms with Crippen LogP contribution < -0.4 is 4.90 Å². The molecular formula is C23H18BrN3O3S. The first kappa shape index (κ1) is 21.3. The largest absolute Gasteiger partial charge is 0.302 e. The Kier molecular flexibility index (Phi) is 6.48. The average molecular weight is 496 g/mol. The summed E-state index contributed by atoms with van der Waals surface area (Å²) in [6.45, 7) is 0.468. The van der Waals surface area contributed by atoms with Crippen LogP contribution in [-0.4, -0.2) is 32.7 Å². The number of carbonyl (C=O) groups excluding carboxylic acids is 3. The third kappa shape index (κ3) is 5.03. The Morgan fingerprint density at radius 1 is 1.06 bits per heavy atom. The van der Waals surface area contributed by atoms with Crippen molar-refractivity contribution in [1.29, 1.82) is 0 Å². The van der Waals surface area contributed by atoms with E-state index in [0.29, 0.717) is 12.1 Å². The van der Waals surface area contributed by atoms with E-state index in [1.54, 1.807) is 29.3 Å². The normalized spacial score (nSPS) is 13.5. The number of nitrogens with zero attached hydrogens (tertiary/aromatic N) is 3. The molecule has 1 aromatic heterocycles. The fourth-order valence-corrected chi connectivity index (χ4v) is 4.22. The van der Waals surface area contributed by atoms with Gasteiger partial charge in [0.2, 0.25) is 5.91 Å². The molecular weight excluding hydrogens is 478 g/mol. The number of benzene rings is 2. The molecule has 8 heteroatoms. The van der Waals surface area contributed by atoms with Crippen LogP contribution in [0.4, 0.5) is 10.5 Å². The van der Waals surface area contributed by atoms with E-state index >= 15 is 0 Å². The van der Waals surface area contributed by atoms with Gasteiger partial charge in [-0.2, -0.15) is 0 Å². The molecule has 0 bridgehead atoms. The van der Waals surface area contributed by atoms with Crippen molar-refractivity contribution in [3.8, 4) is 0 Å². The second-order valence-electron chi connectivity index (χ2n) is 6.92. The maximum atomic E-state index is 13.5. The van der Waals surface area contributed by atoms with Crippen molar-refractivity contribution in [2.75, 3.05) is 10.7 Å². The molecule has 1 saturated heterocycles. The molecule has 6 nitrogen and oxygen atoms in total. The van der Waals surface area contributed by atoms with Crippen LogP contribution in [0, 0.1) is 0 Å². The Labute approximate surface area is 192 Å². The van der Waals surface area contributed by atoms with Crippen molar-refractivity contribution < 1.29 is 14.4 Å². The van der Waals surface area contributed by atoms with Gasteiger partial charge >= 0.3 is 0 Å². The monoisotopic (exact) mass is 495 g/mol. The zero-order valence-electron chi connectivity index (χ0n) is 16.4. The second kappa shape index (κ2) is 9.45. The molecule has 1 aliphatic rings.